The Morgan fingerprint density at radius 2 is 2.00 bits per heavy atom. The van der Waals surface area contributed by atoms with E-state index in [1.54, 1.807) is 0 Å². The van der Waals surface area contributed by atoms with E-state index in [-0.39, 0.29) is 0 Å². The summed E-state index contributed by atoms with van der Waals surface area (Å²) in [7, 11) is 0. The van der Waals surface area contributed by atoms with Crippen LogP contribution in [0.1, 0.15) is 18.9 Å². The number of aliphatic hydroxyl groups is 1. The Kier molecular flexibility index (Phi) is 3.83. The van der Waals surface area contributed by atoms with Gasteiger partial charge in [0.25, 0.3) is 0 Å². The van der Waals surface area contributed by atoms with Gasteiger partial charge in [-0.15, -0.1) is 0 Å². The van der Waals surface area contributed by atoms with Crippen molar-refractivity contribution < 1.29 is 5.11 Å². The number of benzene rings is 1. The second kappa shape index (κ2) is 5.20. The maximum Gasteiger partial charge on any atom is 0.0869 e. The van der Waals surface area contributed by atoms with E-state index in [2.05, 4.69) is 6.92 Å². The lowest BCUT2D eigenvalue weighted by Gasteiger charge is -1.99. The lowest BCUT2D eigenvalue weighted by Crippen LogP contribution is -1.79. The topological polar surface area (TPSA) is 20.2 Å². The van der Waals surface area contributed by atoms with Gasteiger partial charge in [-0.25, -0.2) is 0 Å². The molecule has 1 aromatic carbocycles. The van der Waals surface area contributed by atoms with E-state index in [0.29, 0.717) is 0 Å². The number of aliphatic hydroxyl groups excluding tert-OH is 1. The van der Waals surface area contributed by atoms with Crippen LogP contribution in [-0.4, -0.2) is 5.11 Å². The zero-order valence-electron chi connectivity index (χ0n) is 7.77. The Hall–Kier alpha value is -1.50. The molecule has 1 aromatic rings. The van der Waals surface area contributed by atoms with Gasteiger partial charge in [0.2, 0.25) is 0 Å². The van der Waals surface area contributed by atoms with Crippen molar-refractivity contribution >= 4 is 5.57 Å². The Labute approximate surface area is 79.0 Å². The lowest BCUT2D eigenvalue weighted by molar-refractivity contribution is 0.476. The average molecular weight is 174 g/mol. The largest absolute Gasteiger partial charge is 0.515 e. The monoisotopic (exact) mass is 174 g/mol. The van der Waals surface area contributed by atoms with E-state index in [1.807, 2.05) is 42.5 Å². The molecule has 0 heterocycles. The zero-order chi connectivity index (χ0) is 9.52. The molecule has 0 unspecified atom stereocenters. The molecule has 0 aliphatic rings. The molecule has 0 fully saturated rings. The summed E-state index contributed by atoms with van der Waals surface area (Å²) in [5, 5.41) is 8.99. The Morgan fingerprint density at radius 1 is 1.31 bits per heavy atom. The SMILES string of the molecule is CC/C=C/C(=C/O)c1ccccc1. The molecule has 0 saturated heterocycles. The number of hydrogen-bond acceptors (Lipinski definition) is 1. The van der Waals surface area contributed by atoms with E-state index in [4.69, 9.17) is 5.11 Å². The highest BCUT2D eigenvalue weighted by Gasteiger charge is 1.94. The number of hydrogen-bond donors (Lipinski definition) is 1. The molecule has 0 aromatic heterocycles. The normalized spacial score (nSPS) is 12.2. The van der Waals surface area contributed by atoms with Gasteiger partial charge in [-0.1, -0.05) is 49.4 Å². The summed E-state index contributed by atoms with van der Waals surface area (Å²) in [6, 6.07) is 9.82. The van der Waals surface area contributed by atoms with Crippen LogP contribution in [0, 0.1) is 0 Å². The first-order valence-electron chi connectivity index (χ1n) is 4.44. The second-order valence-electron chi connectivity index (χ2n) is 2.76. The third kappa shape index (κ3) is 2.79. The van der Waals surface area contributed by atoms with Gasteiger partial charge in [-0.2, -0.15) is 0 Å². The Bertz CT molecular complexity index is 296. The van der Waals surface area contributed by atoms with Gasteiger partial charge in [0.1, 0.15) is 0 Å². The predicted molar refractivity (Wildman–Crippen MR) is 56.5 cm³/mol. The summed E-state index contributed by atoms with van der Waals surface area (Å²) < 4.78 is 0. The fourth-order valence-electron chi connectivity index (χ4n) is 1.09. The van der Waals surface area contributed by atoms with Crippen LogP contribution in [0.2, 0.25) is 0 Å². The van der Waals surface area contributed by atoms with E-state index in [1.165, 1.54) is 0 Å². The standard InChI is InChI=1S/C12H14O/c1-2-3-7-12(10-13)11-8-5-4-6-9-11/h3-10,13H,2H2,1H3/b7-3+,12-10-. The van der Waals surface area contributed by atoms with Gasteiger partial charge in [-0.3, -0.25) is 0 Å². The summed E-state index contributed by atoms with van der Waals surface area (Å²) in [6.07, 6.45) is 6.07. The van der Waals surface area contributed by atoms with Crippen LogP contribution in [0.15, 0.2) is 48.7 Å². The summed E-state index contributed by atoms with van der Waals surface area (Å²) in [5.74, 6) is 0. The highest BCUT2D eigenvalue weighted by atomic mass is 16.2. The molecule has 1 rings (SSSR count). The smallest absolute Gasteiger partial charge is 0.0869 e. The van der Waals surface area contributed by atoms with Crippen molar-refractivity contribution in [2.75, 3.05) is 0 Å². The Balaban J connectivity index is 2.87. The van der Waals surface area contributed by atoms with Crippen molar-refractivity contribution in [1.82, 2.24) is 0 Å². The van der Waals surface area contributed by atoms with Gasteiger partial charge < -0.3 is 5.11 Å². The van der Waals surface area contributed by atoms with E-state index < -0.39 is 0 Å². The van der Waals surface area contributed by atoms with Crippen LogP contribution in [0.4, 0.5) is 0 Å². The quantitative estimate of drug-likeness (QED) is 0.548. The summed E-state index contributed by atoms with van der Waals surface area (Å²) in [5.41, 5.74) is 1.89. The maximum atomic E-state index is 8.99. The highest BCUT2D eigenvalue weighted by Crippen LogP contribution is 2.14. The average Bonchev–Trinajstić information content (AvgIpc) is 2.21. The van der Waals surface area contributed by atoms with Crippen molar-refractivity contribution in [3.05, 3.63) is 54.3 Å². The molecule has 1 heteroatoms. The van der Waals surface area contributed by atoms with Crippen molar-refractivity contribution in [2.45, 2.75) is 13.3 Å². The zero-order valence-corrected chi connectivity index (χ0v) is 7.77. The summed E-state index contributed by atoms with van der Waals surface area (Å²) in [4.78, 5) is 0. The molecular weight excluding hydrogens is 160 g/mol. The first-order valence-corrected chi connectivity index (χ1v) is 4.44. The second-order valence-corrected chi connectivity index (χ2v) is 2.76. The molecule has 1 N–H and O–H groups in total. The first-order chi connectivity index (χ1) is 6.38. The maximum absolute atomic E-state index is 8.99. The molecule has 0 saturated carbocycles. The van der Waals surface area contributed by atoms with Crippen LogP contribution in [0.3, 0.4) is 0 Å². The van der Waals surface area contributed by atoms with Gasteiger partial charge >= 0.3 is 0 Å². The van der Waals surface area contributed by atoms with E-state index in [9.17, 15) is 0 Å². The Morgan fingerprint density at radius 3 is 2.54 bits per heavy atom. The van der Waals surface area contributed by atoms with Crippen LogP contribution in [-0.2, 0) is 0 Å². The minimum Gasteiger partial charge on any atom is -0.515 e. The van der Waals surface area contributed by atoms with Gasteiger partial charge in [-0.05, 0) is 12.0 Å². The van der Waals surface area contributed by atoms with Crippen LogP contribution < -0.4 is 0 Å². The molecule has 0 radical (unpaired) electrons. The molecule has 1 nitrogen and oxygen atoms in total. The molecule has 0 aliphatic carbocycles. The molecule has 0 spiro atoms. The van der Waals surface area contributed by atoms with E-state index in [0.717, 1.165) is 23.8 Å². The fraction of sp³-hybridized carbons (Fsp3) is 0.167. The summed E-state index contributed by atoms with van der Waals surface area (Å²) >= 11 is 0. The lowest BCUT2D eigenvalue weighted by atomic mass is 10.1. The van der Waals surface area contributed by atoms with Crippen LogP contribution in [0.25, 0.3) is 5.57 Å². The van der Waals surface area contributed by atoms with Crippen molar-refractivity contribution in [1.29, 1.82) is 0 Å². The predicted octanol–water partition coefficient (Wildman–Crippen LogP) is 3.55. The van der Waals surface area contributed by atoms with Crippen molar-refractivity contribution in [3.63, 3.8) is 0 Å². The molecule has 68 valence electrons. The molecule has 0 atom stereocenters. The fourth-order valence-corrected chi connectivity index (χ4v) is 1.09. The first kappa shape index (κ1) is 9.59. The molecular formula is C12H14O. The summed E-state index contributed by atoms with van der Waals surface area (Å²) in [6.45, 7) is 2.07. The van der Waals surface area contributed by atoms with Gasteiger partial charge in [0.15, 0.2) is 0 Å². The molecule has 0 aliphatic heterocycles. The minimum atomic E-state index is 0.849. The van der Waals surface area contributed by atoms with Crippen molar-refractivity contribution in [2.24, 2.45) is 0 Å². The van der Waals surface area contributed by atoms with Crippen LogP contribution >= 0.6 is 0 Å². The molecule has 0 amide bonds. The minimum absolute atomic E-state index is 0.849. The molecule has 0 bridgehead atoms. The number of rotatable bonds is 3. The number of allylic oxidation sites excluding steroid dienone is 3. The van der Waals surface area contributed by atoms with Gasteiger partial charge in [0, 0.05) is 5.57 Å². The third-order valence-electron chi connectivity index (χ3n) is 1.78. The van der Waals surface area contributed by atoms with Crippen molar-refractivity contribution in [3.8, 4) is 0 Å². The molecule has 13 heavy (non-hydrogen) atoms. The van der Waals surface area contributed by atoms with Gasteiger partial charge in [0.05, 0.1) is 6.26 Å². The van der Waals surface area contributed by atoms with Crippen LogP contribution in [0.5, 0.6) is 0 Å². The highest BCUT2D eigenvalue weighted by molar-refractivity contribution is 5.72. The van der Waals surface area contributed by atoms with E-state index >= 15 is 0 Å². The third-order valence-corrected chi connectivity index (χ3v) is 1.78.